The van der Waals surface area contributed by atoms with Crippen LogP contribution in [-0.4, -0.2) is 57.6 Å². The van der Waals surface area contributed by atoms with Crippen LogP contribution < -0.4 is 10.9 Å². The summed E-state index contributed by atoms with van der Waals surface area (Å²) in [7, 11) is -3.12. The lowest BCUT2D eigenvalue weighted by Gasteiger charge is -2.19. The van der Waals surface area contributed by atoms with E-state index >= 15 is 0 Å². The molecule has 0 amide bonds. The SMILES string of the molecule is CCS(=O)(=O)N1CC2C(CNc3nc4cnc(Cl)nc4n([C@@H](C)C4CC4)c3=O)[C@H]2C1. The number of aromatic nitrogens is 4. The van der Waals surface area contributed by atoms with E-state index in [1.807, 2.05) is 6.92 Å². The molecular weight excluding hydrogens is 428 g/mol. The van der Waals surface area contributed by atoms with Gasteiger partial charge in [-0.2, -0.15) is 4.98 Å². The molecule has 1 aliphatic heterocycles. The first kappa shape index (κ1) is 20.1. The van der Waals surface area contributed by atoms with E-state index in [0.29, 0.717) is 60.3 Å². The zero-order chi connectivity index (χ0) is 21.2. The maximum Gasteiger partial charge on any atom is 0.295 e. The van der Waals surface area contributed by atoms with Crippen LogP contribution in [0.3, 0.4) is 0 Å². The van der Waals surface area contributed by atoms with Crippen molar-refractivity contribution in [2.75, 3.05) is 30.7 Å². The average Bonchev–Trinajstić information content (AvgIpc) is 3.63. The molecule has 2 aromatic heterocycles. The topological polar surface area (TPSA) is 110 Å². The maximum atomic E-state index is 13.2. The number of fused-ring (bicyclic) bond motifs is 2. The van der Waals surface area contributed by atoms with Crippen LogP contribution in [0.5, 0.6) is 0 Å². The fourth-order valence-electron chi connectivity index (χ4n) is 4.80. The monoisotopic (exact) mass is 452 g/mol. The van der Waals surface area contributed by atoms with Crippen molar-refractivity contribution in [2.45, 2.75) is 32.7 Å². The molecule has 11 heteroatoms. The minimum atomic E-state index is -3.12. The highest BCUT2D eigenvalue weighted by atomic mass is 35.5. The first-order valence-corrected chi connectivity index (χ1v) is 12.5. The Morgan fingerprint density at radius 2 is 1.97 bits per heavy atom. The Morgan fingerprint density at radius 1 is 1.27 bits per heavy atom. The number of hydrogen-bond donors (Lipinski definition) is 1. The van der Waals surface area contributed by atoms with Gasteiger partial charge in [0.15, 0.2) is 11.5 Å². The van der Waals surface area contributed by atoms with Gasteiger partial charge in [-0.15, -0.1) is 0 Å². The molecule has 3 heterocycles. The number of halogens is 1. The van der Waals surface area contributed by atoms with E-state index in [-0.39, 0.29) is 22.6 Å². The molecule has 30 heavy (non-hydrogen) atoms. The third-order valence-corrected chi connectivity index (χ3v) is 8.91. The van der Waals surface area contributed by atoms with E-state index in [4.69, 9.17) is 11.6 Å². The van der Waals surface area contributed by atoms with Crippen LogP contribution in [0.25, 0.3) is 11.2 Å². The number of anilines is 1. The molecule has 1 saturated heterocycles. The molecule has 1 N–H and O–H groups in total. The summed E-state index contributed by atoms with van der Waals surface area (Å²) in [6.45, 7) is 5.47. The van der Waals surface area contributed by atoms with E-state index in [9.17, 15) is 13.2 Å². The molecule has 4 atom stereocenters. The molecule has 9 nitrogen and oxygen atoms in total. The van der Waals surface area contributed by atoms with Crippen molar-refractivity contribution in [3.63, 3.8) is 0 Å². The van der Waals surface area contributed by atoms with Crippen molar-refractivity contribution in [3.8, 4) is 0 Å². The molecule has 3 aliphatic rings. The third-order valence-electron chi connectivity index (χ3n) is 6.92. The highest BCUT2D eigenvalue weighted by Crippen LogP contribution is 2.52. The van der Waals surface area contributed by atoms with Gasteiger partial charge in [-0.05, 0) is 62.0 Å². The van der Waals surface area contributed by atoms with E-state index in [1.54, 1.807) is 22.0 Å². The number of nitrogens with zero attached hydrogens (tertiary/aromatic N) is 5. The molecule has 0 spiro atoms. The van der Waals surface area contributed by atoms with Crippen LogP contribution in [0, 0.1) is 23.7 Å². The molecule has 2 unspecified atom stereocenters. The summed E-state index contributed by atoms with van der Waals surface area (Å²) in [6, 6.07) is 0.0163. The second-order valence-corrected chi connectivity index (χ2v) is 11.2. The van der Waals surface area contributed by atoms with Gasteiger partial charge in [0.25, 0.3) is 5.56 Å². The highest BCUT2D eigenvalue weighted by Gasteiger charge is 2.57. The predicted molar refractivity (Wildman–Crippen MR) is 114 cm³/mol. The maximum absolute atomic E-state index is 13.2. The van der Waals surface area contributed by atoms with Gasteiger partial charge in [0, 0.05) is 25.7 Å². The lowest BCUT2D eigenvalue weighted by atomic mass is 10.2. The summed E-state index contributed by atoms with van der Waals surface area (Å²) in [4.78, 5) is 26.0. The van der Waals surface area contributed by atoms with Crippen molar-refractivity contribution in [3.05, 3.63) is 21.8 Å². The Kier molecular flexibility index (Phi) is 4.79. The minimum absolute atomic E-state index is 0.0163. The molecule has 2 saturated carbocycles. The molecule has 2 aliphatic carbocycles. The van der Waals surface area contributed by atoms with Crippen LogP contribution in [0.15, 0.2) is 11.0 Å². The highest BCUT2D eigenvalue weighted by molar-refractivity contribution is 7.89. The summed E-state index contributed by atoms with van der Waals surface area (Å²) in [6.07, 6.45) is 3.74. The van der Waals surface area contributed by atoms with Gasteiger partial charge in [0.1, 0.15) is 5.52 Å². The first-order chi connectivity index (χ1) is 14.3. The Bertz CT molecular complexity index is 1150. The summed E-state index contributed by atoms with van der Waals surface area (Å²) in [5.74, 6) is 1.97. The second kappa shape index (κ2) is 7.13. The molecule has 0 aromatic carbocycles. The zero-order valence-corrected chi connectivity index (χ0v) is 18.5. The molecule has 162 valence electrons. The lowest BCUT2D eigenvalue weighted by molar-refractivity contribution is 0.417. The fourth-order valence-corrected chi connectivity index (χ4v) is 6.09. The van der Waals surface area contributed by atoms with Gasteiger partial charge in [-0.1, -0.05) is 0 Å². The quantitative estimate of drug-likeness (QED) is 0.637. The van der Waals surface area contributed by atoms with Gasteiger partial charge in [-0.3, -0.25) is 9.36 Å². The lowest BCUT2D eigenvalue weighted by Crippen LogP contribution is -2.34. The molecule has 0 radical (unpaired) electrons. The molecule has 5 rings (SSSR count). The smallest absolute Gasteiger partial charge is 0.295 e. The largest absolute Gasteiger partial charge is 0.365 e. The standard InChI is InChI=1S/C19H25ClN6O3S/c1-3-30(28,29)25-8-13-12(14(13)9-25)6-21-16-18(27)26(10(2)11-4-5-11)17-15(23-16)7-22-19(20)24-17/h7,10-14H,3-6,8-9H2,1-2H3,(H,21,23)/t10-,12?,13+,14?/m0/s1. The molecule has 3 fully saturated rings. The third kappa shape index (κ3) is 3.38. The van der Waals surface area contributed by atoms with Crippen molar-refractivity contribution in [2.24, 2.45) is 23.7 Å². The van der Waals surface area contributed by atoms with Gasteiger partial charge < -0.3 is 5.32 Å². The second-order valence-electron chi connectivity index (χ2n) is 8.65. The van der Waals surface area contributed by atoms with Crippen molar-refractivity contribution in [1.29, 1.82) is 0 Å². The molecule has 2 aromatic rings. The van der Waals surface area contributed by atoms with Gasteiger partial charge in [-0.25, -0.2) is 22.7 Å². The Balaban J connectivity index is 1.36. The van der Waals surface area contributed by atoms with Crippen molar-refractivity contribution in [1.82, 2.24) is 23.8 Å². The number of sulfonamides is 1. The summed E-state index contributed by atoms with van der Waals surface area (Å²) < 4.78 is 27.4. The van der Waals surface area contributed by atoms with Gasteiger partial charge >= 0.3 is 0 Å². The Hall–Kier alpha value is -1.78. The Labute approximate surface area is 179 Å². The molecular formula is C19H25ClN6O3S. The number of piperidine rings is 1. The normalized spacial score (nSPS) is 27.2. The Morgan fingerprint density at radius 3 is 2.60 bits per heavy atom. The summed E-state index contributed by atoms with van der Waals surface area (Å²) >= 11 is 5.97. The summed E-state index contributed by atoms with van der Waals surface area (Å²) in [5, 5.41) is 3.33. The zero-order valence-electron chi connectivity index (χ0n) is 17.0. The van der Waals surface area contributed by atoms with Crippen LogP contribution in [0.4, 0.5) is 5.82 Å². The molecule has 0 bridgehead atoms. The van der Waals surface area contributed by atoms with Crippen LogP contribution in [-0.2, 0) is 10.0 Å². The van der Waals surface area contributed by atoms with E-state index in [1.165, 1.54) is 0 Å². The van der Waals surface area contributed by atoms with Gasteiger partial charge in [0.2, 0.25) is 15.3 Å². The van der Waals surface area contributed by atoms with Crippen LogP contribution in [0.2, 0.25) is 5.28 Å². The van der Waals surface area contributed by atoms with E-state index in [2.05, 4.69) is 20.3 Å². The minimum Gasteiger partial charge on any atom is -0.365 e. The average molecular weight is 453 g/mol. The van der Waals surface area contributed by atoms with E-state index < -0.39 is 10.0 Å². The summed E-state index contributed by atoms with van der Waals surface area (Å²) in [5.41, 5.74) is 0.802. The number of nitrogens with one attached hydrogen (secondary N) is 1. The first-order valence-electron chi connectivity index (χ1n) is 10.5. The fraction of sp³-hybridized carbons (Fsp3) is 0.684. The number of hydrogen-bond acceptors (Lipinski definition) is 7. The van der Waals surface area contributed by atoms with Gasteiger partial charge in [0.05, 0.1) is 11.9 Å². The van der Waals surface area contributed by atoms with Crippen LogP contribution >= 0.6 is 11.6 Å². The van der Waals surface area contributed by atoms with Crippen molar-refractivity contribution < 1.29 is 8.42 Å². The van der Waals surface area contributed by atoms with Crippen LogP contribution in [0.1, 0.15) is 32.7 Å². The predicted octanol–water partition coefficient (Wildman–Crippen LogP) is 1.75. The van der Waals surface area contributed by atoms with E-state index in [0.717, 1.165) is 12.8 Å². The number of rotatable bonds is 7. The van der Waals surface area contributed by atoms with Crippen molar-refractivity contribution >= 4 is 38.6 Å².